The number of benzene rings is 1. The van der Waals surface area contributed by atoms with Crippen LogP contribution in [-0.2, 0) is 6.42 Å². The Kier molecular flexibility index (Phi) is 3.71. The molecule has 0 bridgehead atoms. The van der Waals surface area contributed by atoms with Crippen LogP contribution in [0.25, 0.3) is 0 Å². The van der Waals surface area contributed by atoms with Crippen molar-refractivity contribution in [3.05, 3.63) is 50.0 Å². The van der Waals surface area contributed by atoms with Crippen molar-refractivity contribution in [1.82, 2.24) is 4.98 Å². The zero-order chi connectivity index (χ0) is 10.7. The fourth-order valence-corrected chi connectivity index (χ4v) is 2.41. The topological polar surface area (TPSA) is 38.9 Å². The van der Waals surface area contributed by atoms with Crippen molar-refractivity contribution in [1.29, 1.82) is 0 Å². The highest BCUT2D eigenvalue weighted by molar-refractivity contribution is 14.1. The molecule has 2 N–H and O–H groups in total. The highest BCUT2D eigenvalue weighted by atomic mass is 127. The Hall–Kier alpha value is -0.460. The quantitative estimate of drug-likeness (QED) is 0.879. The molecule has 0 saturated heterocycles. The molecule has 2 aromatic rings. The average molecular weight is 330 g/mol. The Morgan fingerprint density at radius 1 is 1.33 bits per heavy atom. The van der Waals surface area contributed by atoms with E-state index >= 15 is 0 Å². The monoisotopic (exact) mass is 330 g/mol. The number of nitrogens with zero attached hydrogens (tertiary/aromatic N) is 1. The Balaban J connectivity index is 2.08. The smallest absolute Gasteiger partial charge is 0.0943 e. The fourth-order valence-electron chi connectivity index (χ4n) is 1.37. The van der Waals surface area contributed by atoms with Crippen molar-refractivity contribution in [2.75, 3.05) is 0 Å². The van der Waals surface area contributed by atoms with Gasteiger partial charge >= 0.3 is 0 Å². The van der Waals surface area contributed by atoms with E-state index in [2.05, 4.69) is 51.8 Å². The number of rotatable bonds is 3. The van der Waals surface area contributed by atoms with Crippen molar-refractivity contribution < 1.29 is 0 Å². The molecule has 1 unspecified atom stereocenters. The molecule has 0 aliphatic carbocycles. The summed E-state index contributed by atoms with van der Waals surface area (Å²) in [5, 5.41) is 3.08. The summed E-state index contributed by atoms with van der Waals surface area (Å²) in [6.07, 6.45) is 2.64. The van der Waals surface area contributed by atoms with E-state index in [0.717, 1.165) is 11.4 Å². The van der Waals surface area contributed by atoms with Crippen LogP contribution in [0.1, 0.15) is 16.6 Å². The Labute approximate surface area is 107 Å². The summed E-state index contributed by atoms with van der Waals surface area (Å²) in [7, 11) is 0. The molecule has 15 heavy (non-hydrogen) atoms. The van der Waals surface area contributed by atoms with Crippen molar-refractivity contribution >= 4 is 33.9 Å². The maximum atomic E-state index is 6.10. The van der Waals surface area contributed by atoms with E-state index in [9.17, 15) is 0 Å². The number of aromatic nitrogens is 1. The zero-order valence-corrected chi connectivity index (χ0v) is 11.0. The van der Waals surface area contributed by atoms with Crippen LogP contribution in [0, 0.1) is 3.57 Å². The first-order valence-corrected chi connectivity index (χ1v) is 6.61. The first kappa shape index (κ1) is 11.0. The van der Waals surface area contributed by atoms with E-state index in [1.165, 1.54) is 9.13 Å². The minimum atomic E-state index is 0.0492. The molecular weight excluding hydrogens is 319 g/mol. The standard InChI is InChI=1S/C11H11IN2S/c12-9-3-1-8(2-4-9)10(13)7-11-14-5-6-15-11/h1-6,10H,7,13H2. The molecule has 1 atom stereocenters. The van der Waals surface area contributed by atoms with Crippen LogP contribution in [0.15, 0.2) is 35.8 Å². The minimum absolute atomic E-state index is 0.0492. The molecule has 0 saturated carbocycles. The van der Waals surface area contributed by atoms with Gasteiger partial charge in [0.25, 0.3) is 0 Å². The molecule has 4 heteroatoms. The summed E-state index contributed by atoms with van der Waals surface area (Å²) in [5.41, 5.74) is 7.27. The lowest BCUT2D eigenvalue weighted by Crippen LogP contribution is -2.13. The van der Waals surface area contributed by atoms with E-state index < -0.39 is 0 Å². The number of nitrogens with two attached hydrogens (primary N) is 1. The summed E-state index contributed by atoms with van der Waals surface area (Å²) in [4.78, 5) is 4.24. The lowest BCUT2D eigenvalue weighted by molar-refractivity contribution is 0.718. The van der Waals surface area contributed by atoms with Gasteiger partial charge < -0.3 is 5.73 Å². The van der Waals surface area contributed by atoms with Gasteiger partial charge in [0.15, 0.2) is 0 Å². The highest BCUT2D eigenvalue weighted by Gasteiger charge is 2.08. The van der Waals surface area contributed by atoms with E-state index in [1.807, 2.05) is 11.6 Å². The lowest BCUT2D eigenvalue weighted by Gasteiger charge is -2.09. The van der Waals surface area contributed by atoms with Gasteiger partial charge in [0, 0.05) is 27.6 Å². The normalized spacial score (nSPS) is 12.7. The largest absolute Gasteiger partial charge is 0.324 e. The van der Waals surface area contributed by atoms with Gasteiger partial charge in [-0.2, -0.15) is 0 Å². The first-order valence-electron chi connectivity index (χ1n) is 4.65. The van der Waals surface area contributed by atoms with Gasteiger partial charge in [-0.3, -0.25) is 0 Å². The molecular formula is C11H11IN2S. The molecule has 0 aliphatic heterocycles. The third kappa shape index (κ3) is 2.99. The molecule has 2 nitrogen and oxygen atoms in total. The summed E-state index contributed by atoms with van der Waals surface area (Å²) in [6.45, 7) is 0. The summed E-state index contributed by atoms with van der Waals surface area (Å²) in [5.74, 6) is 0. The predicted molar refractivity (Wildman–Crippen MR) is 71.9 cm³/mol. The number of thiazole rings is 1. The van der Waals surface area contributed by atoms with E-state index in [1.54, 1.807) is 11.3 Å². The van der Waals surface area contributed by atoms with Crippen molar-refractivity contribution in [3.8, 4) is 0 Å². The van der Waals surface area contributed by atoms with Crippen molar-refractivity contribution in [2.45, 2.75) is 12.5 Å². The molecule has 78 valence electrons. The number of halogens is 1. The lowest BCUT2D eigenvalue weighted by atomic mass is 10.1. The SMILES string of the molecule is NC(Cc1nccs1)c1ccc(I)cc1. The Morgan fingerprint density at radius 2 is 2.07 bits per heavy atom. The molecule has 0 amide bonds. The fraction of sp³-hybridized carbons (Fsp3) is 0.182. The van der Waals surface area contributed by atoms with E-state index in [-0.39, 0.29) is 6.04 Å². The summed E-state index contributed by atoms with van der Waals surface area (Å²) in [6, 6.07) is 8.38. The molecule has 0 aliphatic rings. The first-order chi connectivity index (χ1) is 7.25. The van der Waals surface area contributed by atoms with Crippen LogP contribution >= 0.6 is 33.9 Å². The molecule has 2 rings (SSSR count). The molecule has 1 aromatic heterocycles. The van der Waals surface area contributed by atoms with Gasteiger partial charge in [0.2, 0.25) is 0 Å². The molecule has 0 spiro atoms. The van der Waals surface area contributed by atoms with E-state index in [4.69, 9.17) is 5.73 Å². The molecule has 0 radical (unpaired) electrons. The van der Waals surface area contributed by atoms with Gasteiger partial charge in [0.1, 0.15) is 0 Å². The molecule has 1 aromatic carbocycles. The second-order valence-electron chi connectivity index (χ2n) is 3.29. The summed E-state index contributed by atoms with van der Waals surface area (Å²) >= 11 is 3.95. The minimum Gasteiger partial charge on any atom is -0.324 e. The highest BCUT2D eigenvalue weighted by Crippen LogP contribution is 2.18. The Morgan fingerprint density at radius 3 is 2.67 bits per heavy atom. The van der Waals surface area contributed by atoms with Crippen LogP contribution in [0.5, 0.6) is 0 Å². The third-order valence-electron chi connectivity index (χ3n) is 2.18. The maximum Gasteiger partial charge on any atom is 0.0943 e. The van der Waals surface area contributed by atoms with Gasteiger partial charge in [-0.15, -0.1) is 11.3 Å². The van der Waals surface area contributed by atoms with Gasteiger partial charge in [-0.25, -0.2) is 4.98 Å². The predicted octanol–water partition coefficient (Wildman–Crippen LogP) is 2.99. The van der Waals surface area contributed by atoms with Crippen LogP contribution in [0.2, 0.25) is 0 Å². The van der Waals surface area contributed by atoms with Crippen LogP contribution in [0.3, 0.4) is 0 Å². The molecule has 0 fully saturated rings. The van der Waals surface area contributed by atoms with Crippen LogP contribution < -0.4 is 5.73 Å². The third-order valence-corrected chi connectivity index (χ3v) is 3.70. The van der Waals surface area contributed by atoms with Crippen molar-refractivity contribution in [3.63, 3.8) is 0 Å². The molecule has 1 heterocycles. The summed E-state index contributed by atoms with van der Waals surface area (Å²) < 4.78 is 1.23. The number of hydrogen-bond acceptors (Lipinski definition) is 3. The zero-order valence-electron chi connectivity index (χ0n) is 8.06. The maximum absolute atomic E-state index is 6.10. The van der Waals surface area contributed by atoms with Gasteiger partial charge in [-0.05, 0) is 40.3 Å². The number of hydrogen-bond donors (Lipinski definition) is 1. The van der Waals surface area contributed by atoms with Crippen LogP contribution in [-0.4, -0.2) is 4.98 Å². The second kappa shape index (κ2) is 5.05. The van der Waals surface area contributed by atoms with Gasteiger partial charge in [-0.1, -0.05) is 12.1 Å². The van der Waals surface area contributed by atoms with Gasteiger partial charge in [0.05, 0.1) is 5.01 Å². The Bertz CT molecular complexity index is 411. The average Bonchev–Trinajstić information content (AvgIpc) is 2.71. The second-order valence-corrected chi connectivity index (χ2v) is 5.51. The van der Waals surface area contributed by atoms with Crippen LogP contribution in [0.4, 0.5) is 0 Å². The van der Waals surface area contributed by atoms with Crippen molar-refractivity contribution in [2.24, 2.45) is 5.73 Å². The van der Waals surface area contributed by atoms with E-state index in [0.29, 0.717) is 0 Å².